The van der Waals surface area contributed by atoms with Crippen molar-refractivity contribution in [2.75, 3.05) is 6.26 Å². The third-order valence-corrected chi connectivity index (χ3v) is 3.99. The van der Waals surface area contributed by atoms with Crippen LogP contribution in [0.15, 0.2) is 35.5 Å². The molecule has 0 fully saturated rings. The lowest BCUT2D eigenvalue weighted by atomic mass is 10.3. The minimum absolute atomic E-state index is 0.138. The predicted octanol–water partition coefficient (Wildman–Crippen LogP) is 5.62. The van der Waals surface area contributed by atoms with Gasteiger partial charge in [-0.1, -0.05) is 35.0 Å². The number of aliphatic imine (C=N–C) groups is 1. The average molecular weight is 421 g/mol. The molecule has 0 bridgehead atoms. The minimum Gasteiger partial charge on any atom is -0.436 e. The number of nitrogens with one attached hydrogen (secondary N) is 1. The molecule has 0 aliphatic heterocycles. The van der Waals surface area contributed by atoms with Crippen LogP contribution in [0.25, 0.3) is 0 Å². The number of amidine groups is 1. The van der Waals surface area contributed by atoms with Gasteiger partial charge in [0.2, 0.25) is 5.88 Å². The Morgan fingerprint density at radius 1 is 1.31 bits per heavy atom. The molecule has 0 saturated heterocycles. The Bertz CT molecular complexity index is 884. The molecule has 0 amide bonds. The van der Waals surface area contributed by atoms with Gasteiger partial charge in [0, 0.05) is 6.20 Å². The number of hydrogen-bond donors (Lipinski definition) is 1. The number of aromatic nitrogens is 1. The number of nitriles is 1. The number of ether oxygens (including phenoxy) is 1. The Balaban J connectivity index is 2.25. The van der Waals surface area contributed by atoms with Crippen molar-refractivity contribution in [3.05, 3.63) is 46.1 Å². The Kier molecular flexibility index (Phi) is 6.58. The molecule has 1 aromatic heterocycles. The fraction of sp³-hybridized carbons (Fsp3) is 0.133. The zero-order valence-electron chi connectivity index (χ0n) is 12.9. The lowest BCUT2D eigenvalue weighted by Gasteiger charge is -2.11. The highest BCUT2D eigenvalue weighted by Crippen LogP contribution is 2.37. The number of thioether (sulfide) groups is 1. The van der Waals surface area contributed by atoms with Crippen LogP contribution in [0.1, 0.15) is 5.56 Å². The molecule has 0 radical (unpaired) electrons. The van der Waals surface area contributed by atoms with Crippen LogP contribution in [0.3, 0.4) is 0 Å². The molecule has 0 aliphatic rings. The Hall–Kier alpha value is -2.15. The quantitative estimate of drug-likeness (QED) is 0.302. The van der Waals surface area contributed by atoms with Crippen LogP contribution in [0.4, 0.5) is 18.9 Å². The van der Waals surface area contributed by atoms with Crippen LogP contribution in [0, 0.1) is 11.5 Å². The van der Waals surface area contributed by atoms with E-state index in [1.165, 1.54) is 23.9 Å². The van der Waals surface area contributed by atoms with Gasteiger partial charge in [-0.05, 0) is 30.5 Å². The van der Waals surface area contributed by atoms with Crippen molar-refractivity contribution in [2.45, 2.75) is 6.18 Å². The maximum atomic E-state index is 12.6. The summed E-state index contributed by atoms with van der Waals surface area (Å²) in [6.45, 7) is 0. The zero-order chi connectivity index (χ0) is 19.3. The van der Waals surface area contributed by atoms with E-state index in [1.54, 1.807) is 18.5 Å². The maximum Gasteiger partial charge on any atom is 0.417 e. The Morgan fingerprint density at radius 3 is 2.58 bits per heavy atom. The largest absolute Gasteiger partial charge is 0.436 e. The van der Waals surface area contributed by atoms with Gasteiger partial charge in [0.05, 0.1) is 16.3 Å². The first-order chi connectivity index (χ1) is 12.2. The second-order valence-electron chi connectivity index (χ2n) is 4.58. The molecule has 0 spiro atoms. The lowest BCUT2D eigenvalue weighted by molar-refractivity contribution is -0.137. The molecular weight excluding hydrogens is 412 g/mol. The highest BCUT2D eigenvalue weighted by molar-refractivity contribution is 8.13. The summed E-state index contributed by atoms with van der Waals surface area (Å²) >= 11 is 13.1. The summed E-state index contributed by atoms with van der Waals surface area (Å²) in [6.07, 6.45) is -0.446. The topological polar surface area (TPSA) is 70.3 Å². The van der Waals surface area contributed by atoms with Gasteiger partial charge >= 0.3 is 6.18 Å². The summed E-state index contributed by atoms with van der Waals surface area (Å²) in [5, 5.41) is 11.2. The van der Waals surface area contributed by atoms with Crippen LogP contribution in [0.5, 0.6) is 11.6 Å². The first-order valence-corrected chi connectivity index (χ1v) is 8.70. The van der Waals surface area contributed by atoms with Gasteiger partial charge in [-0.3, -0.25) is 5.32 Å². The van der Waals surface area contributed by atoms with Gasteiger partial charge in [0.15, 0.2) is 11.4 Å². The van der Waals surface area contributed by atoms with Crippen molar-refractivity contribution < 1.29 is 17.9 Å². The smallest absolute Gasteiger partial charge is 0.417 e. The number of benzene rings is 1. The highest BCUT2D eigenvalue weighted by Gasteiger charge is 2.31. The van der Waals surface area contributed by atoms with Crippen molar-refractivity contribution in [3.8, 4) is 17.8 Å². The highest BCUT2D eigenvalue weighted by atomic mass is 35.5. The number of pyridine rings is 1. The van der Waals surface area contributed by atoms with E-state index in [4.69, 9.17) is 33.2 Å². The number of rotatable bonds is 3. The van der Waals surface area contributed by atoms with Gasteiger partial charge in [-0.2, -0.15) is 18.4 Å². The summed E-state index contributed by atoms with van der Waals surface area (Å²) in [5.74, 6) is -0.0764. The third-order valence-electron chi connectivity index (χ3n) is 2.84. The molecule has 2 rings (SSSR count). The van der Waals surface area contributed by atoms with Crippen LogP contribution in [-0.2, 0) is 6.18 Å². The van der Waals surface area contributed by atoms with Gasteiger partial charge in [-0.15, -0.1) is 0 Å². The van der Waals surface area contributed by atoms with Crippen LogP contribution in [-0.4, -0.2) is 16.4 Å². The first kappa shape index (κ1) is 20.2. The molecule has 0 saturated carbocycles. The predicted molar refractivity (Wildman–Crippen MR) is 95.1 cm³/mol. The Morgan fingerprint density at radius 2 is 2.04 bits per heavy atom. The van der Waals surface area contributed by atoms with Gasteiger partial charge in [0.25, 0.3) is 0 Å². The molecule has 1 aromatic carbocycles. The molecule has 1 heterocycles. The maximum absolute atomic E-state index is 12.6. The number of alkyl halides is 3. The first-order valence-electron chi connectivity index (χ1n) is 6.72. The summed E-state index contributed by atoms with van der Waals surface area (Å²) < 4.78 is 43.2. The molecule has 0 atom stereocenters. The van der Waals surface area contributed by atoms with Gasteiger partial charge in [0.1, 0.15) is 10.8 Å². The molecule has 5 nitrogen and oxygen atoms in total. The summed E-state index contributed by atoms with van der Waals surface area (Å²) in [4.78, 5) is 7.75. The minimum atomic E-state index is -4.56. The van der Waals surface area contributed by atoms with E-state index >= 15 is 0 Å². The molecule has 136 valence electrons. The van der Waals surface area contributed by atoms with Crippen LogP contribution >= 0.6 is 35.0 Å². The van der Waals surface area contributed by atoms with E-state index in [0.29, 0.717) is 17.1 Å². The van der Waals surface area contributed by atoms with E-state index in [1.807, 2.05) is 0 Å². The SMILES string of the molecule is CSC(=Nc1ccc(Oc2ncc(C(F)(F)F)cc2Cl)c(Cl)c1)NC#N. The molecule has 2 aromatic rings. The van der Waals surface area contributed by atoms with Crippen molar-refractivity contribution in [2.24, 2.45) is 4.99 Å². The number of hydrogen-bond acceptors (Lipinski definition) is 5. The fourth-order valence-corrected chi connectivity index (χ4v) is 2.45. The summed E-state index contributed by atoms with van der Waals surface area (Å²) in [7, 11) is 0. The normalized spacial score (nSPS) is 11.8. The van der Waals surface area contributed by atoms with E-state index in [0.717, 1.165) is 6.07 Å². The Labute approximate surface area is 160 Å². The monoisotopic (exact) mass is 420 g/mol. The number of halogens is 5. The third kappa shape index (κ3) is 5.17. The van der Waals surface area contributed by atoms with Crippen molar-refractivity contribution >= 4 is 45.8 Å². The average Bonchev–Trinajstić information content (AvgIpc) is 2.57. The molecule has 0 aliphatic carbocycles. The van der Waals surface area contributed by atoms with Crippen molar-refractivity contribution in [3.63, 3.8) is 0 Å². The molecular formula is C15H9Cl2F3N4OS. The standard InChI is InChI=1S/C15H9Cl2F3N4OS/c1-26-14(23-7-21)24-9-2-3-12(10(16)5-9)25-13-11(17)4-8(6-22-13)15(18,19)20/h2-6H,1H3,(H,23,24). The summed E-state index contributed by atoms with van der Waals surface area (Å²) in [6, 6.07) is 5.19. The van der Waals surface area contributed by atoms with Gasteiger partial charge < -0.3 is 4.74 Å². The van der Waals surface area contributed by atoms with Crippen LogP contribution < -0.4 is 10.1 Å². The second kappa shape index (κ2) is 8.49. The van der Waals surface area contributed by atoms with Gasteiger partial charge in [-0.25, -0.2) is 9.98 Å². The van der Waals surface area contributed by atoms with Crippen molar-refractivity contribution in [1.82, 2.24) is 10.3 Å². The van der Waals surface area contributed by atoms with Crippen molar-refractivity contribution in [1.29, 1.82) is 5.26 Å². The number of nitrogens with zero attached hydrogens (tertiary/aromatic N) is 3. The van der Waals surface area contributed by atoms with E-state index in [2.05, 4.69) is 15.3 Å². The van der Waals surface area contributed by atoms with Crippen LogP contribution in [0.2, 0.25) is 10.0 Å². The zero-order valence-corrected chi connectivity index (χ0v) is 15.3. The van der Waals surface area contributed by atoms with E-state index in [9.17, 15) is 13.2 Å². The lowest BCUT2D eigenvalue weighted by Crippen LogP contribution is -2.12. The fourth-order valence-electron chi connectivity index (χ4n) is 1.69. The van der Waals surface area contributed by atoms with E-state index in [-0.39, 0.29) is 21.7 Å². The molecule has 1 N–H and O–H groups in total. The molecule has 26 heavy (non-hydrogen) atoms. The molecule has 0 unspecified atom stereocenters. The van der Waals surface area contributed by atoms with E-state index < -0.39 is 11.7 Å². The molecule has 11 heteroatoms. The second-order valence-corrected chi connectivity index (χ2v) is 6.19. The summed E-state index contributed by atoms with van der Waals surface area (Å²) in [5.41, 5.74) is -0.541.